The highest BCUT2D eigenvalue weighted by Gasteiger charge is 2.27. The molecule has 0 heterocycles. The van der Waals surface area contributed by atoms with Crippen molar-refractivity contribution in [1.29, 1.82) is 0 Å². The molecule has 0 N–H and O–H groups in total. The molecular weight excluding hydrogens is 220 g/mol. The van der Waals surface area contributed by atoms with Gasteiger partial charge in [0.2, 0.25) is 0 Å². The lowest BCUT2D eigenvalue weighted by Gasteiger charge is -2.08. The van der Waals surface area contributed by atoms with Crippen molar-refractivity contribution in [2.75, 3.05) is 0 Å². The molecule has 0 amide bonds. The number of carbonyl (C=O) groups is 1. The summed E-state index contributed by atoms with van der Waals surface area (Å²) >= 11 is 0. The molecule has 0 saturated heterocycles. The van der Waals surface area contributed by atoms with Gasteiger partial charge >= 0.3 is 0 Å². The van der Waals surface area contributed by atoms with Crippen LogP contribution in [0.4, 0.5) is 0 Å². The van der Waals surface area contributed by atoms with Gasteiger partial charge in [-0.2, -0.15) is 0 Å². The first-order chi connectivity index (χ1) is 8.83. The van der Waals surface area contributed by atoms with E-state index in [1.54, 1.807) is 0 Å². The van der Waals surface area contributed by atoms with E-state index in [2.05, 4.69) is 19.1 Å². The zero-order valence-corrected chi connectivity index (χ0v) is 10.6. The van der Waals surface area contributed by atoms with Gasteiger partial charge in [-0.3, -0.25) is 4.79 Å². The van der Waals surface area contributed by atoms with Crippen molar-refractivity contribution in [2.24, 2.45) is 0 Å². The minimum absolute atomic E-state index is 0.180. The van der Waals surface area contributed by atoms with Crippen LogP contribution in [0.15, 0.2) is 42.5 Å². The van der Waals surface area contributed by atoms with Crippen LogP contribution in [0.2, 0.25) is 0 Å². The largest absolute Gasteiger partial charge is 0.289 e. The van der Waals surface area contributed by atoms with Crippen molar-refractivity contribution in [1.82, 2.24) is 0 Å². The number of rotatable bonds is 3. The summed E-state index contributed by atoms with van der Waals surface area (Å²) < 4.78 is 0. The minimum Gasteiger partial charge on any atom is -0.289 e. The van der Waals surface area contributed by atoms with E-state index < -0.39 is 0 Å². The van der Waals surface area contributed by atoms with Gasteiger partial charge in [-0.05, 0) is 29.5 Å². The van der Waals surface area contributed by atoms with Crippen LogP contribution in [0.5, 0.6) is 0 Å². The third-order valence-corrected chi connectivity index (χ3v) is 3.64. The molecular formula is C17H16O. The fraction of sp³-hybridized carbons (Fsp3) is 0.235. The molecule has 2 aromatic carbocycles. The number of aryl methyl sites for hydroxylation is 1. The number of ketones is 1. The van der Waals surface area contributed by atoms with Crippen molar-refractivity contribution in [3.63, 3.8) is 0 Å². The zero-order chi connectivity index (χ0) is 12.5. The van der Waals surface area contributed by atoms with Crippen LogP contribution in [-0.2, 0) is 6.42 Å². The number of hydrogen-bond acceptors (Lipinski definition) is 1. The zero-order valence-electron chi connectivity index (χ0n) is 10.6. The predicted molar refractivity (Wildman–Crippen MR) is 73.9 cm³/mol. The van der Waals surface area contributed by atoms with Crippen LogP contribution in [-0.4, -0.2) is 5.78 Å². The molecule has 1 aliphatic rings. The molecule has 0 atom stereocenters. The Bertz CT molecular complexity index is 611. The molecule has 0 aromatic heterocycles. The van der Waals surface area contributed by atoms with Crippen LogP contribution < -0.4 is 0 Å². The van der Waals surface area contributed by atoms with Gasteiger partial charge in [0.15, 0.2) is 5.78 Å². The van der Waals surface area contributed by atoms with Gasteiger partial charge in [0.05, 0.1) is 0 Å². The topological polar surface area (TPSA) is 17.1 Å². The first-order valence-electron chi connectivity index (χ1n) is 6.59. The molecule has 0 fully saturated rings. The quantitative estimate of drug-likeness (QED) is 0.664. The molecule has 0 unspecified atom stereocenters. The maximum atomic E-state index is 12.3. The van der Waals surface area contributed by atoms with Crippen LogP contribution >= 0.6 is 0 Å². The van der Waals surface area contributed by atoms with Crippen molar-refractivity contribution in [3.05, 3.63) is 59.2 Å². The SMILES string of the molecule is CCCCc1cccc2c1-c1ccccc1C2=O. The predicted octanol–water partition coefficient (Wildman–Crippen LogP) is 4.24. The molecule has 1 heteroatoms. The monoisotopic (exact) mass is 236 g/mol. The first kappa shape index (κ1) is 11.2. The average Bonchev–Trinajstić information content (AvgIpc) is 2.71. The number of hydrogen-bond donors (Lipinski definition) is 0. The smallest absolute Gasteiger partial charge is 0.194 e. The Balaban J connectivity index is 2.18. The van der Waals surface area contributed by atoms with E-state index in [1.165, 1.54) is 24.0 Å². The second-order valence-corrected chi connectivity index (χ2v) is 4.82. The number of unbranched alkanes of at least 4 members (excludes halogenated alkanes) is 1. The Morgan fingerprint density at radius 2 is 1.61 bits per heavy atom. The van der Waals surface area contributed by atoms with Crippen LogP contribution in [0, 0.1) is 0 Å². The normalized spacial score (nSPS) is 12.4. The van der Waals surface area contributed by atoms with Crippen molar-refractivity contribution >= 4 is 5.78 Å². The number of fused-ring (bicyclic) bond motifs is 3. The molecule has 0 saturated carbocycles. The summed E-state index contributed by atoms with van der Waals surface area (Å²) in [5.74, 6) is 0.180. The standard InChI is InChI=1S/C17H16O/c1-2-3-7-12-8-6-11-15-16(12)13-9-4-5-10-14(13)17(15)18/h4-6,8-11H,2-3,7H2,1H3. The average molecular weight is 236 g/mol. The van der Waals surface area contributed by atoms with Crippen LogP contribution in [0.25, 0.3) is 11.1 Å². The van der Waals surface area contributed by atoms with E-state index in [4.69, 9.17) is 0 Å². The lowest BCUT2D eigenvalue weighted by molar-refractivity contribution is 0.104. The molecule has 0 radical (unpaired) electrons. The molecule has 0 bridgehead atoms. The summed E-state index contributed by atoms with van der Waals surface area (Å²) in [6.45, 7) is 2.20. The maximum Gasteiger partial charge on any atom is 0.194 e. The highest BCUT2D eigenvalue weighted by molar-refractivity contribution is 6.22. The molecule has 2 aromatic rings. The van der Waals surface area contributed by atoms with Gasteiger partial charge in [-0.25, -0.2) is 0 Å². The maximum absolute atomic E-state index is 12.3. The molecule has 0 aliphatic heterocycles. The van der Waals surface area contributed by atoms with Gasteiger partial charge in [0, 0.05) is 11.1 Å². The van der Waals surface area contributed by atoms with Crippen molar-refractivity contribution in [3.8, 4) is 11.1 Å². The Morgan fingerprint density at radius 1 is 0.889 bits per heavy atom. The highest BCUT2D eigenvalue weighted by atomic mass is 16.1. The summed E-state index contributed by atoms with van der Waals surface area (Å²) in [6.07, 6.45) is 3.41. The Hall–Kier alpha value is -1.89. The van der Waals surface area contributed by atoms with Crippen LogP contribution in [0.1, 0.15) is 41.3 Å². The lowest BCUT2D eigenvalue weighted by atomic mass is 9.96. The summed E-state index contributed by atoms with van der Waals surface area (Å²) in [4.78, 5) is 12.3. The molecule has 18 heavy (non-hydrogen) atoms. The number of carbonyl (C=O) groups excluding carboxylic acids is 1. The van der Waals surface area contributed by atoms with Gasteiger partial charge in [-0.1, -0.05) is 55.8 Å². The summed E-state index contributed by atoms with van der Waals surface area (Å²) in [5.41, 5.74) is 5.34. The first-order valence-corrected chi connectivity index (χ1v) is 6.59. The minimum atomic E-state index is 0.180. The second kappa shape index (κ2) is 4.41. The highest BCUT2D eigenvalue weighted by Crippen LogP contribution is 2.39. The van der Waals surface area contributed by atoms with Crippen molar-refractivity contribution in [2.45, 2.75) is 26.2 Å². The Kier molecular flexibility index (Phi) is 2.75. The second-order valence-electron chi connectivity index (χ2n) is 4.82. The summed E-state index contributed by atoms with van der Waals surface area (Å²) in [5, 5.41) is 0. The summed E-state index contributed by atoms with van der Waals surface area (Å²) in [6, 6.07) is 14.1. The third kappa shape index (κ3) is 1.59. The van der Waals surface area contributed by atoms with E-state index in [0.29, 0.717) is 0 Å². The summed E-state index contributed by atoms with van der Waals surface area (Å²) in [7, 11) is 0. The van der Waals surface area contributed by atoms with Gasteiger partial charge in [-0.15, -0.1) is 0 Å². The third-order valence-electron chi connectivity index (χ3n) is 3.64. The fourth-order valence-electron chi connectivity index (χ4n) is 2.73. The van der Waals surface area contributed by atoms with E-state index in [1.807, 2.05) is 30.3 Å². The van der Waals surface area contributed by atoms with E-state index in [9.17, 15) is 4.79 Å². The molecule has 0 spiro atoms. The molecule has 1 aliphatic carbocycles. The lowest BCUT2D eigenvalue weighted by Crippen LogP contribution is -1.95. The van der Waals surface area contributed by atoms with Gasteiger partial charge < -0.3 is 0 Å². The molecule has 3 rings (SSSR count). The molecule has 90 valence electrons. The van der Waals surface area contributed by atoms with E-state index >= 15 is 0 Å². The van der Waals surface area contributed by atoms with E-state index in [0.717, 1.165) is 23.1 Å². The van der Waals surface area contributed by atoms with Crippen LogP contribution in [0.3, 0.4) is 0 Å². The Morgan fingerprint density at radius 3 is 2.39 bits per heavy atom. The number of benzene rings is 2. The van der Waals surface area contributed by atoms with Gasteiger partial charge in [0.25, 0.3) is 0 Å². The van der Waals surface area contributed by atoms with Gasteiger partial charge in [0.1, 0.15) is 0 Å². The fourth-order valence-corrected chi connectivity index (χ4v) is 2.73. The van der Waals surface area contributed by atoms with E-state index in [-0.39, 0.29) is 5.78 Å². The Labute approximate surface area is 107 Å². The van der Waals surface area contributed by atoms with Crippen molar-refractivity contribution < 1.29 is 4.79 Å². The molecule has 1 nitrogen and oxygen atoms in total.